The van der Waals surface area contributed by atoms with Crippen molar-refractivity contribution in [3.8, 4) is 12.3 Å². The Morgan fingerprint density at radius 3 is 2.47 bits per heavy atom. The van der Waals surface area contributed by atoms with Crippen LogP contribution in [0, 0.1) is 18.3 Å². The topological polar surface area (TPSA) is 12.0 Å². The third-order valence-corrected chi connectivity index (χ3v) is 2.80. The summed E-state index contributed by atoms with van der Waals surface area (Å²) in [5, 5.41) is 3.62. The average Bonchev–Trinajstić information content (AvgIpc) is 2.21. The van der Waals surface area contributed by atoms with Crippen molar-refractivity contribution >= 4 is 0 Å². The maximum absolute atomic E-state index is 5.22. The molecule has 1 atom stereocenters. The van der Waals surface area contributed by atoms with Gasteiger partial charge in [-0.05, 0) is 31.7 Å². The fourth-order valence-electron chi connectivity index (χ4n) is 1.77. The van der Waals surface area contributed by atoms with Crippen LogP contribution in [0.15, 0.2) is 0 Å². The molecule has 0 spiro atoms. The Labute approximate surface area is 96.0 Å². The number of nitrogens with one attached hydrogen (secondary N) is 1. The van der Waals surface area contributed by atoms with E-state index < -0.39 is 0 Å². The quantitative estimate of drug-likeness (QED) is 0.452. The van der Waals surface area contributed by atoms with Crippen molar-refractivity contribution in [1.29, 1.82) is 0 Å². The molecule has 0 aromatic rings. The molecule has 0 amide bonds. The molecular formula is C14H27N. The number of terminal acetylenes is 1. The van der Waals surface area contributed by atoms with E-state index in [0.717, 1.165) is 18.9 Å². The second kappa shape index (κ2) is 10.1. The van der Waals surface area contributed by atoms with Crippen molar-refractivity contribution in [1.82, 2.24) is 5.32 Å². The van der Waals surface area contributed by atoms with Gasteiger partial charge in [-0.1, -0.05) is 33.6 Å². The standard InChI is InChI=1S/C14H27N/c1-5-7-8-9-10-11-14(13(3)4)15-12-6-2/h1,13-15H,6-12H2,2-4H3. The predicted molar refractivity (Wildman–Crippen MR) is 68.8 cm³/mol. The first-order valence-electron chi connectivity index (χ1n) is 6.39. The number of hydrogen-bond acceptors (Lipinski definition) is 1. The lowest BCUT2D eigenvalue weighted by molar-refractivity contribution is 0.366. The molecule has 0 radical (unpaired) electrons. The van der Waals surface area contributed by atoms with Crippen molar-refractivity contribution in [2.45, 2.75) is 65.3 Å². The highest BCUT2D eigenvalue weighted by Gasteiger charge is 2.10. The molecule has 0 saturated heterocycles. The molecule has 0 bridgehead atoms. The molecule has 1 N–H and O–H groups in total. The van der Waals surface area contributed by atoms with E-state index in [1.807, 2.05) is 0 Å². The van der Waals surface area contributed by atoms with E-state index in [9.17, 15) is 0 Å². The monoisotopic (exact) mass is 209 g/mol. The van der Waals surface area contributed by atoms with Crippen LogP contribution in [0.4, 0.5) is 0 Å². The zero-order valence-corrected chi connectivity index (χ0v) is 10.7. The Hall–Kier alpha value is -0.480. The minimum atomic E-state index is 0.691. The predicted octanol–water partition coefficient (Wildman–Crippen LogP) is 3.59. The smallest absolute Gasteiger partial charge is 0.00900 e. The summed E-state index contributed by atoms with van der Waals surface area (Å²) in [4.78, 5) is 0. The third kappa shape index (κ3) is 8.51. The van der Waals surface area contributed by atoms with Gasteiger partial charge in [-0.3, -0.25) is 0 Å². The van der Waals surface area contributed by atoms with E-state index in [1.54, 1.807) is 0 Å². The molecule has 1 unspecified atom stereocenters. The second-order valence-electron chi connectivity index (χ2n) is 4.61. The van der Waals surface area contributed by atoms with Crippen LogP contribution >= 0.6 is 0 Å². The fourth-order valence-corrected chi connectivity index (χ4v) is 1.77. The van der Waals surface area contributed by atoms with Gasteiger partial charge < -0.3 is 5.32 Å². The molecule has 0 heterocycles. The first-order chi connectivity index (χ1) is 7.22. The van der Waals surface area contributed by atoms with Crippen LogP contribution in [-0.4, -0.2) is 12.6 Å². The normalized spacial score (nSPS) is 12.7. The second-order valence-corrected chi connectivity index (χ2v) is 4.61. The first kappa shape index (κ1) is 14.5. The third-order valence-electron chi connectivity index (χ3n) is 2.80. The summed E-state index contributed by atoms with van der Waals surface area (Å²) >= 11 is 0. The van der Waals surface area contributed by atoms with Gasteiger partial charge in [0, 0.05) is 12.5 Å². The summed E-state index contributed by atoms with van der Waals surface area (Å²) < 4.78 is 0. The van der Waals surface area contributed by atoms with Gasteiger partial charge in [-0.25, -0.2) is 0 Å². The van der Waals surface area contributed by atoms with Crippen LogP contribution in [-0.2, 0) is 0 Å². The lowest BCUT2D eigenvalue weighted by atomic mass is 9.97. The minimum absolute atomic E-state index is 0.691. The molecule has 1 nitrogen and oxygen atoms in total. The molecule has 0 aromatic carbocycles. The molecule has 0 fully saturated rings. The Bertz CT molecular complexity index is 167. The van der Waals surface area contributed by atoms with Crippen LogP contribution in [0.2, 0.25) is 0 Å². The lowest BCUT2D eigenvalue weighted by Gasteiger charge is -2.22. The Kier molecular flexibility index (Phi) is 9.73. The van der Waals surface area contributed by atoms with Crippen LogP contribution in [0.5, 0.6) is 0 Å². The number of rotatable bonds is 9. The zero-order valence-electron chi connectivity index (χ0n) is 10.7. The molecule has 0 aliphatic carbocycles. The largest absolute Gasteiger partial charge is 0.314 e. The van der Waals surface area contributed by atoms with Gasteiger partial charge in [0.25, 0.3) is 0 Å². The fraction of sp³-hybridized carbons (Fsp3) is 0.857. The van der Waals surface area contributed by atoms with Gasteiger partial charge >= 0.3 is 0 Å². The maximum atomic E-state index is 5.22. The molecule has 0 aromatic heterocycles. The van der Waals surface area contributed by atoms with Crippen molar-refractivity contribution in [3.63, 3.8) is 0 Å². The van der Waals surface area contributed by atoms with Crippen LogP contribution in [0.25, 0.3) is 0 Å². The molecule has 0 rings (SSSR count). The summed E-state index contributed by atoms with van der Waals surface area (Å²) in [7, 11) is 0. The number of hydrogen-bond donors (Lipinski definition) is 1. The van der Waals surface area contributed by atoms with E-state index in [2.05, 4.69) is 32.0 Å². The van der Waals surface area contributed by atoms with Gasteiger partial charge in [0.2, 0.25) is 0 Å². The van der Waals surface area contributed by atoms with Crippen molar-refractivity contribution in [2.75, 3.05) is 6.54 Å². The molecule has 1 heteroatoms. The van der Waals surface area contributed by atoms with Crippen LogP contribution in [0.3, 0.4) is 0 Å². The van der Waals surface area contributed by atoms with Crippen molar-refractivity contribution in [3.05, 3.63) is 0 Å². The lowest BCUT2D eigenvalue weighted by Crippen LogP contribution is -2.34. The SMILES string of the molecule is C#CCCCCCC(NCCC)C(C)C. The average molecular weight is 209 g/mol. The summed E-state index contributed by atoms with van der Waals surface area (Å²) in [6.45, 7) is 7.97. The van der Waals surface area contributed by atoms with Gasteiger partial charge in [0.1, 0.15) is 0 Å². The molecule has 0 aliphatic heterocycles. The molecule has 0 saturated carbocycles. The van der Waals surface area contributed by atoms with E-state index in [-0.39, 0.29) is 0 Å². The van der Waals surface area contributed by atoms with Gasteiger partial charge in [0.05, 0.1) is 0 Å². The van der Waals surface area contributed by atoms with Crippen LogP contribution in [0.1, 0.15) is 59.3 Å². The number of unbranched alkanes of at least 4 members (excludes halogenated alkanes) is 3. The van der Waals surface area contributed by atoms with Gasteiger partial charge in [-0.15, -0.1) is 12.3 Å². The van der Waals surface area contributed by atoms with E-state index in [0.29, 0.717) is 6.04 Å². The zero-order chi connectivity index (χ0) is 11.5. The Morgan fingerprint density at radius 2 is 1.93 bits per heavy atom. The summed E-state index contributed by atoms with van der Waals surface area (Å²) in [5.74, 6) is 3.44. The Balaban J connectivity index is 3.53. The van der Waals surface area contributed by atoms with Gasteiger partial charge in [0.15, 0.2) is 0 Å². The highest BCUT2D eigenvalue weighted by molar-refractivity contribution is 4.82. The van der Waals surface area contributed by atoms with E-state index >= 15 is 0 Å². The highest BCUT2D eigenvalue weighted by Crippen LogP contribution is 2.12. The van der Waals surface area contributed by atoms with E-state index in [1.165, 1.54) is 32.1 Å². The Morgan fingerprint density at radius 1 is 1.20 bits per heavy atom. The first-order valence-corrected chi connectivity index (χ1v) is 6.39. The summed E-state index contributed by atoms with van der Waals surface area (Å²) in [6.07, 6.45) is 12.5. The van der Waals surface area contributed by atoms with Crippen LogP contribution < -0.4 is 5.32 Å². The minimum Gasteiger partial charge on any atom is -0.314 e. The molecular weight excluding hydrogens is 182 g/mol. The van der Waals surface area contributed by atoms with Crippen molar-refractivity contribution in [2.24, 2.45) is 5.92 Å². The molecule has 0 aliphatic rings. The van der Waals surface area contributed by atoms with Crippen molar-refractivity contribution < 1.29 is 0 Å². The molecule has 88 valence electrons. The van der Waals surface area contributed by atoms with E-state index in [4.69, 9.17) is 6.42 Å². The molecule has 15 heavy (non-hydrogen) atoms. The van der Waals surface area contributed by atoms with Gasteiger partial charge in [-0.2, -0.15) is 0 Å². The highest BCUT2D eigenvalue weighted by atomic mass is 14.9. The summed E-state index contributed by atoms with van der Waals surface area (Å²) in [5.41, 5.74) is 0. The summed E-state index contributed by atoms with van der Waals surface area (Å²) in [6, 6.07) is 0.691. The maximum Gasteiger partial charge on any atom is 0.00900 e.